The summed E-state index contributed by atoms with van der Waals surface area (Å²) in [6, 6.07) is 0. The topological polar surface area (TPSA) is 145 Å². The van der Waals surface area contributed by atoms with Crippen LogP contribution in [0.1, 0.15) is 136 Å². The molecular formula is C32H76N3O6P. The van der Waals surface area contributed by atoms with Crippen molar-refractivity contribution in [1.82, 2.24) is 0 Å². The summed E-state index contributed by atoms with van der Waals surface area (Å²) in [7, 11) is 3.67. The minimum absolute atomic E-state index is 0.299. The zero-order valence-electron chi connectivity index (χ0n) is 29.1. The number of aliphatic hydroxyl groups is 2. The Morgan fingerprint density at radius 1 is 0.524 bits per heavy atom. The predicted molar refractivity (Wildman–Crippen MR) is 179 cm³/mol. The van der Waals surface area contributed by atoms with E-state index < -0.39 is 7.82 Å². The largest absolute Gasteiger partial charge is 0.756 e. The quantitative estimate of drug-likeness (QED) is 0.0533. The van der Waals surface area contributed by atoms with E-state index in [9.17, 15) is 0 Å². The molecule has 0 aromatic heterocycles. The van der Waals surface area contributed by atoms with Gasteiger partial charge in [-0.2, -0.15) is 6.54 Å². The summed E-state index contributed by atoms with van der Waals surface area (Å²) in [5.74, 6) is 0. The van der Waals surface area contributed by atoms with Crippen LogP contribution in [0, 0.1) is 0 Å². The summed E-state index contributed by atoms with van der Waals surface area (Å²) in [5, 5.41) is 17.2. The van der Waals surface area contributed by atoms with E-state index in [2.05, 4.69) is 49.0 Å². The van der Waals surface area contributed by atoms with Gasteiger partial charge in [0.15, 0.2) is 0 Å². The molecule has 0 amide bonds. The van der Waals surface area contributed by atoms with Gasteiger partial charge in [-0.25, -0.2) is 0 Å². The standard InChI is InChI=1S/C18H38N.2C7H18NO.H3O4P/c1-2-3-4-5-6-7-8-9-10-11-12-13-14-15-16-17-18-19;2*1-4-5-8(2,3)6-7-9;1-5(2,3)4/h19H,2-18H2,1H3;2*9H,4-7H2,1-3H3;(H3,1,2,3,4)/q-1;2*+1;/p-1. The Kier molecular flexibility index (Phi) is 41.1. The fraction of sp³-hybridized carbons (Fsp3) is 1.00. The van der Waals surface area contributed by atoms with Crippen molar-refractivity contribution in [3.05, 3.63) is 5.73 Å². The second kappa shape index (κ2) is 35.4. The highest BCUT2D eigenvalue weighted by Gasteiger charge is 2.11. The van der Waals surface area contributed by atoms with Crippen LogP contribution >= 0.6 is 7.82 Å². The SMILES string of the molecule is CCCCCCCCCCCCCCCCCC[NH-].CCC[N+](C)(C)CCO.CCC[N+](C)(C)CCO.O=P([O-])(O)O. The third-order valence-electron chi connectivity index (χ3n) is 7.10. The molecule has 0 aliphatic carbocycles. The first-order valence-electron chi connectivity index (χ1n) is 16.9. The third kappa shape index (κ3) is 59.3. The highest BCUT2D eigenvalue weighted by Crippen LogP contribution is 2.19. The summed E-state index contributed by atoms with van der Waals surface area (Å²) in [5.41, 5.74) is 7.08. The molecule has 0 aliphatic heterocycles. The minimum atomic E-state index is -4.89. The number of phosphoric acid groups is 1. The van der Waals surface area contributed by atoms with Crippen LogP contribution in [0.25, 0.3) is 5.73 Å². The maximum absolute atomic E-state index is 8.77. The van der Waals surface area contributed by atoms with Crippen molar-refractivity contribution in [3.8, 4) is 0 Å². The lowest BCUT2D eigenvalue weighted by molar-refractivity contribution is -0.890. The van der Waals surface area contributed by atoms with E-state index >= 15 is 0 Å². The minimum Gasteiger partial charge on any atom is -0.756 e. The Hall–Kier alpha value is -0.0900. The van der Waals surface area contributed by atoms with Crippen molar-refractivity contribution in [3.63, 3.8) is 0 Å². The van der Waals surface area contributed by atoms with Crippen molar-refractivity contribution < 1.29 is 38.4 Å². The van der Waals surface area contributed by atoms with Gasteiger partial charge >= 0.3 is 0 Å². The molecule has 0 rings (SSSR count). The molecule has 10 heteroatoms. The Labute approximate surface area is 262 Å². The van der Waals surface area contributed by atoms with Gasteiger partial charge in [0.2, 0.25) is 0 Å². The molecule has 0 heterocycles. The average Bonchev–Trinajstić information content (AvgIpc) is 2.86. The molecule has 0 atom stereocenters. The van der Waals surface area contributed by atoms with E-state index in [4.69, 9.17) is 35.2 Å². The molecule has 0 aromatic rings. The molecule has 9 nitrogen and oxygen atoms in total. The van der Waals surface area contributed by atoms with Gasteiger partial charge in [-0.3, -0.25) is 4.57 Å². The molecule has 0 spiro atoms. The fourth-order valence-electron chi connectivity index (χ4n) is 4.65. The highest BCUT2D eigenvalue weighted by atomic mass is 31.2. The number of likely N-dealkylation sites (N-methyl/N-ethyl adjacent to an activating group) is 2. The number of unbranched alkanes of at least 4 members (excludes halogenated alkanes) is 15. The van der Waals surface area contributed by atoms with Crippen LogP contribution in [0.4, 0.5) is 0 Å². The number of aliphatic hydroxyl groups excluding tert-OH is 2. The van der Waals surface area contributed by atoms with Crippen LogP contribution in [0.3, 0.4) is 0 Å². The summed E-state index contributed by atoms with van der Waals surface area (Å²) in [4.78, 5) is 22.9. The first-order valence-corrected chi connectivity index (χ1v) is 18.5. The fourth-order valence-corrected chi connectivity index (χ4v) is 4.65. The molecule has 0 aliphatic rings. The molecule has 0 radical (unpaired) electrons. The second-order valence-electron chi connectivity index (χ2n) is 12.8. The van der Waals surface area contributed by atoms with Gasteiger partial charge in [0.1, 0.15) is 13.1 Å². The lowest BCUT2D eigenvalue weighted by atomic mass is 10.0. The lowest BCUT2D eigenvalue weighted by Crippen LogP contribution is -2.42. The molecule has 0 fully saturated rings. The number of hydrogen-bond acceptors (Lipinski definition) is 4. The molecule has 0 bridgehead atoms. The first kappa shape index (κ1) is 48.8. The van der Waals surface area contributed by atoms with Gasteiger partial charge < -0.3 is 39.6 Å². The molecular weight excluding hydrogens is 553 g/mol. The van der Waals surface area contributed by atoms with Gasteiger partial charge in [0, 0.05) is 0 Å². The van der Waals surface area contributed by atoms with E-state index in [0.29, 0.717) is 19.8 Å². The Morgan fingerprint density at radius 3 is 0.952 bits per heavy atom. The van der Waals surface area contributed by atoms with E-state index in [1.54, 1.807) is 0 Å². The highest BCUT2D eigenvalue weighted by molar-refractivity contribution is 7.43. The average molecular weight is 630 g/mol. The predicted octanol–water partition coefficient (Wildman–Crippen LogP) is 6.67. The third-order valence-corrected chi connectivity index (χ3v) is 7.10. The number of nitrogens with zero attached hydrogens (tertiary/aromatic N) is 2. The number of quaternary nitrogens is 2. The Bertz CT molecular complexity index is 488. The maximum atomic E-state index is 8.77. The summed E-state index contributed by atoms with van der Waals surface area (Å²) < 4.78 is 10.6. The van der Waals surface area contributed by atoms with Crippen LogP contribution in [0.5, 0.6) is 0 Å². The van der Waals surface area contributed by atoms with Gasteiger partial charge in [0.25, 0.3) is 7.82 Å². The number of rotatable bonds is 24. The first-order chi connectivity index (χ1) is 19.7. The summed E-state index contributed by atoms with van der Waals surface area (Å²) in [6.45, 7) is 11.9. The zero-order valence-corrected chi connectivity index (χ0v) is 30.0. The van der Waals surface area contributed by atoms with Crippen LogP contribution in [0.2, 0.25) is 0 Å². The molecule has 5 N–H and O–H groups in total. The molecule has 42 heavy (non-hydrogen) atoms. The molecule has 0 aromatic carbocycles. The van der Waals surface area contributed by atoms with E-state index in [-0.39, 0.29) is 0 Å². The second-order valence-corrected chi connectivity index (χ2v) is 13.7. The van der Waals surface area contributed by atoms with E-state index in [0.717, 1.165) is 41.6 Å². The van der Waals surface area contributed by atoms with Gasteiger partial charge in [-0.05, 0) is 12.8 Å². The van der Waals surface area contributed by atoms with Crippen molar-refractivity contribution in [2.75, 3.05) is 74.1 Å². The van der Waals surface area contributed by atoms with Crippen LogP contribution in [0.15, 0.2) is 0 Å². The maximum Gasteiger partial charge on any atom is 0.262 e. The monoisotopic (exact) mass is 630 g/mol. The van der Waals surface area contributed by atoms with Crippen molar-refractivity contribution in [2.24, 2.45) is 0 Å². The smallest absolute Gasteiger partial charge is 0.262 e. The molecule has 0 saturated carbocycles. The van der Waals surface area contributed by atoms with Crippen molar-refractivity contribution in [2.45, 2.75) is 136 Å². The Balaban J connectivity index is -0.000000261. The van der Waals surface area contributed by atoms with E-state index in [1.807, 2.05) is 0 Å². The van der Waals surface area contributed by atoms with Crippen LogP contribution in [-0.4, -0.2) is 103 Å². The van der Waals surface area contributed by atoms with Crippen molar-refractivity contribution in [1.29, 1.82) is 0 Å². The molecule has 260 valence electrons. The lowest BCUT2D eigenvalue weighted by Gasteiger charge is -2.28. The van der Waals surface area contributed by atoms with Crippen LogP contribution in [-0.2, 0) is 4.57 Å². The van der Waals surface area contributed by atoms with Gasteiger partial charge in [-0.15, -0.1) is 0 Å². The van der Waals surface area contributed by atoms with Crippen LogP contribution < -0.4 is 4.89 Å². The van der Waals surface area contributed by atoms with Gasteiger partial charge in [-0.1, -0.05) is 124 Å². The number of nitrogens with one attached hydrogen (secondary N) is 1. The summed E-state index contributed by atoms with van der Waals surface area (Å²) in [6.07, 6.45) is 24.9. The normalized spacial score (nSPS) is 11.5. The van der Waals surface area contributed by atoms with E-state index in [1.165, 1.54) is 109 Å². The van der Waals surface area contributed by atoms with Crippen molar-refractivity contribution >= 4 is 7.82 Å². The van der Waals surface area contributed by atoms with Gasteiger partial charge in [0.05, 0.1) is 54.5 Å². The molecule has 0 unspecified atom stereocenters. The zero-order chi connectivity index (χ0) is 33.2. The molecule has 0 saturated heterocycles. The number of hydrogen-bond donors (Lipinski definition) is 4. The summed E-state index contributed by atoms with van der Waals surface area (Å²) >= 11 is 0. The Morgan fingerprint density at radius 2 is 0.762 bits per heavy atom.